The maximum Gasteiger partial charge on any atom is 0.169 e. The van der Waals surface area contributed by atoms with E-state index in [9.17, 15) is 10.2 Å². The fourth-order valence-corrected chi connectivity index (χ4v) is 4.43. The van der Waals surface area contributed by atoms with Crippen LogP contribution < -0.4 is 9.47 Å². The Morgan fingerprint density at radius 3 is 2.15 bits per heavy atom. The lowest BCUT2D eigenvalue weighted by Crippen LogP contribution is -1.98. The monoisotopic (exact) mass is 438 g/mol. The number of phenolic OH excluding ortho intramolecular Hbond substituents is 2. The minimum absolute atomic E-state index is 0.180. The second-order valence-corrected chi connectivity index (χ2v) is 8.39. The number of hydrogen-bond donors (Lipinski definition) is 2. The number of methoxy groups -OCH3 is 1. The zero-order valence-electron chi connectivity index (χ0n) is 18.5. The number of hydrogen-bond acceptors (Lipinski definition) is 4. The molecule has 33 heavy (non-hydrogen) atoms. The quantitative estimate of drug-likeness (QED) is 0.359. The van der Waals surface area contributed by atoms with Gasteiger partial charge in [0, 0.05) is 11.1 Å². The highest BCUT2D eigenvalue weighted by atomic mass is 16.5. The summed E-state index contributed by atoms with van der Waals surface area (Å²) in [5, 5.41) is 21.5. The predicted molar refractivity (Wildman–Crippen MR) is 130 cm³/mol. The molecule has 0 saturated carbocycles. The maximum atomic E-state index is 10.8. The second kappa shape index (κ2) is 8.91. The molecule has 2 N–H and O–H groups in total. The van der Waals surface area contributed by atoms with Gasteiger partial charge in [0.2, 0.25) is 0 Å². The summed E-state index contributed by atoms with van der Waals surface area (Å²) in [6.45, 7) is 0. The van der Waals surface area contributed by atoms with Crippen molar-refractivity contribution in [2.75, 3.05) is 7.11 Å². The molecule has 4 aromatic carbocycles. The highest BCUT2D eigenvalue weighted by Crippen LogP contribution is 2.39. The minimum atomic E-state index is 0.180. The van der Waals surface area contributed by atoms with Crippen LogP contribution in [0.3, 0.4) is 0 Å². The summed E-state index contributed by atoms with van der Waals surface area (Å²) >= 11 is 0. The molecule has 6 bridgehead atoms. The van der Waals surface area contributed by atoms with Gasteiger partial charge in [-0.25, -0.2) is 0 Å². The van der Waals surface area contributed by atoms with Crippen molar-refractivity contribution in [1.82, 2.24) is 0 Å². The van der Waals surface area contributed by atoms with Crippen molar-refractivity contribution in [2.24, 2.45) is 0 Å². The smallest absolute Gasteiger partial charge is 0.169 e. The molecule has 0 spiro atoms. The van der Waals surface area contributed by atoms with Crippen LogP contribution in [0.5, 0.6) is 28.7 Å². The molecule has 0 amide bonds. The van der Waals surface area contributed by atoms with Crippen molar-refractivity contribution >= 4 is 0 Å². The molecule has 8 rings (SSSR count). The molecule has 4 aliphatic rings. The van der Waals surface area contributed by atoms with Gasteiger partial charge in [-0.3, -0.25) is 0 Å². The zero-order valence-corrected chi connectivity index (χ0v) is 18.5. The van der Waals surface area contributed by atoms with Crippen molar-refractivity contribution in [1.29, 1.82) is 0 Å². The molecule has 4 nitrogen and oxygen atoms in total. The van der Waals surface area contributed by atoms with Gasteiger partial charge in [0.25, 0.3) is 0 Å². The van der Waals surface area contributed by atoms with E-state index >= 15 is 0 Å². The van der Waals surface area contributed by atoms with Gasteiger partial charge in [-0.2, -0.15) is 0 Å². The third-order valence-electron chi connectivity index (χ3n) is 6.22. The predicted octanol–water partition coefficient (Wildman–Crippen LogP) is 6.45. The molecule has 0 radical (unpaired) electrons. The Morgan fingerprint density at radius 1 is 0.697 bits per heavy atom. The van der Waals surface area contributed by atoms with Gasteiger partial charge >= 0.3 is 0 Å². The van der Waals surface area contributed by atoms with Gasteiger partial charge in [0.05, 0.1) is 7.11 Å². The van der Waals surface area contributed by atoms with Crippen LogP contribution >= 0.6 is 0 Å². The Kier molecular flexibility index (Phi) is 5.66. The van der Waals surface area contributed by atoms with Crippen LogP contribution in [0.25, 0.3) is 11.1 Å². The van der Waals surface area contributed by atoms with E-state index in [-0.39, 0.29) is 11.5 Å². The van der Waals surface area contributed by atoms with Crippen molar-refractivity contribution in [3.8, 4) is 39.9 Å². The van der Waals surface area contributed by atoms with E-state index in [4.69, 9.17) is 9.47 Å². The molecule has 0 atom stereocenters. The molecule has 4 aliphatic heterocycles. The first-order valence-corrected chi connectivity index (χ1v) is 11.2. The van der Waals surface area contributed by atoms with Gasteiger partial charge in [-0.15, -0.1) is 0 Å². The standard InChI is InChI=1S/C29H26O4/c1-32-27-16-11-21-6-5-20-10-15-24(26(31)17-20)29-22(3-2-4-25(29)30)12-7-19-8-13-23(14-9-19)33-28(27)18-21/h2-4,8-11,13-18,30-31H,5-7,12H2,1H3. The first-order chi connectivity index (χ1) is 16.1. The number of aromatic hydroxyl groups is 2. The number of phenols is 2. The molecule has 4 heterocycles. The van der Waals surface area contributed by atoms with Crippen molar-refractivity contribution in [3.63, 3.8) is 0 Å². The van der Waals surface area contributed by atoms with Crippen LogP contribution in [0, 0.1) is 0 Å². The average Bonchev–Trinajstić information content (AvgIpc) is 2.83. The van der Waals surface area contributed by atoms with Gasteiger partial charge in [-0.05, 0) is 84.3 Å². The summed E-state index contributed by atoms with van der Waals surface area (Å²) in [6.07, 6.45) is 3.09. The van der Waals surface area contributed by atoms with Crippen LogP contribution in [0.1, 0.15) is 22.3 Å². The largest absolute Gasteiger partial charge is 0.507 e. The summed E-state index contributed by atoms with van der Waals surface area (Å²) in [4.78, 5) is 0. The molecule has 0 saturated heterocycles. The van der Waals surface area contributed by atoms with E-state index in [1.54, 1.807) is 19.2 Å². The summed E-state index contributed by atoms with van der Waals surface area (Å²) in [7, 11) is 1.64. The van der Waals surface area contributed by atoms with Gasteiger partial charge < -0.3 is 19.7 Å². The second-order valence-electron chi connectivity index (χ2n) is 8.39. The molecular weight excluding hydrogens is 412 g/mol. The third kappa shape index (κ3) is 4.37. The average molecular weight is 439 g/mol. The van der Waals surface area contributed by atoms with Crippen molar-refractivity contribution < 1.29 is 19.7 Å². The zero-order chi connectivity index (χ0) is 22.8. The number of aryl methyl sites for hydroxylation is 4. The van der Waals surface area contributed by atoms with Crippen LogP contribution in [-0.4, -0.2) is 17.3 Å². The van der Waals surface area contributed by atoms with Gasteiger partial charge in [-0.1, -0.05) is 42.5 Å². The first-order valence-electron chi connectivity index (χ1n) is 11.2. The molecule has 4 heteroatoms. The molecule has 0 unspecified atom stereocenters. The molecule has 0 aromatic heterocycles. The van der Waals surface area contributed by atoms with Gasteiger partial charge in [0.15, 0.2) is 11.5 Å². The number of ether oxygens (including phenoxy) is 2. The van der Waals surface area contributed by atoms with E-state index in [0.29, 0.717) is 22.6 Å². The molecule has 0 fully saturated rings. The van der Waals surface area contributed by atoms with E-state index in [1.807, 2.05) is 54.6 Å². The van der Waals surface area contributed by atoms with Crippen LogP contribution in [0.2, 0.25) is 0 Å². The maximum absolute atomic E-state index is 10.8. The minimum Gasteiger partial charge on any atom is -0.507 e. The molecule has 166 valence electrons. The topological polar surface area (TPSA) is 58.9 Å². The molecule has 4 aromatic rings. The fourth-order valence-electron chi connectivity index (χ4n) is 4.43. The van der Waals surface area contributed by atoms with Crippen LogP contribution in [-0.2, 0) is 25.7 Å². The van der Waals surface area contributed by atoms with E-state index < -0.39 is 0 Å². The highest BCUT2D eigenvalue weighted by Gasteiger charge is 2.15. The Bertz CT molecular complexity index is 1290. The number of benzene rings is 4. The summed E-state index contributed by atoms with van der Waals surface area (Å²) < 4.78 is 11.7. The highest BCUT2D eigenvalue weighted by molar-refractivity contribution is 5.78. The molecular formula is C29H26O4. The van der Waals surface area contributed by atoms with Crippen LogP contribution in [0.4, 0.5) is 0 Å². The number of rotatable bonds is 1. The Morgan fingerprint density at radius 2 is 1.39 bits per heavy atom. The summed E-state index contributed by atoms with van der Waals surface area (Å²) in [5.41, 5.74) is 5.67. The Labute approximate surface area is 193 Å². The third-order valence-corrected chi connectivity index (χ3v) is 6.22. The molecule has 0 aliphatic carbocycles. The SMILES string of the molecule is COc1ccc2cc1Oc1ccc(cc1)CCc1cccc(O)c1-c1ccc(cc1O)CC2. The van der Waals surface area contributed by atoms with E-state index in [2.05, 4.69) is 12.1 Å². The fraction of sp³-hybridized carbons (Fsp3) is 0.172. The lowest BCUT2D eigenvalue weighted by Gasteiger charge is -2.16. The van der Waals surface area contributed by atoms with E-state index in [0.717, 1.165) is 53.7 Å². The van der Waals surface area contributed by atoms with Gasteiger partial charge in [0.1, 0.15) is 17.2 Å². The summed E-state index contributed by atoms with van der Waals surface area (Å²) in [6, 6.07) is 25.3. The van der Waals surface area contributed by atoms with Crippen molar-refractivity contribution in [3.05, 3.63) is 101 Å². The Balaban J connectivity index is 1.59. The summed E-state index contributed by atoms with van der Waals surface area (Å²) in [5.74, 6) is 2.49. The van der Waals surface area contributed by atoms with Crippen LogP contribution in [0.15, 0.2) is 78.9 Å². The lowest BCUT2D eigenvalue weighted by molar-refractivity contribution is 0.378. The first kappa shape index (κ1) is 21.0. The lowest BCUT2D eigenvalue weighted by atomic mass is 9.92. The Hall–Kier alpha value is -3.92. The normalized spacial score (nSPS) is 13.0. The van der Waals surface area contributed by atoms with Crippen molar-refractivity contribution in [2.45, 2.75) is 25.7 Å². The van der Waals surface area contributed by atoms with E-state index in [1.165, 1.54) is 0 Å².